The highest BCUT2D eigenvalue weighted by atomic mass is 19.1. The summed E-state index contributed by atoms with van der Waals surface area (Å²) in [6, 6.07) is 11.2. The Morgan fingerprint density at radius 2 is 1.76 bits per heavy atom. The molecule has 0 bridgehead atoms. The molecule has 0 radical (unpaired) electrons. The summed E-state index contributed by atoms with van der Waals surface area (Å²) in [5.41, 5.74) is 1.83. The van der Waals surface area contributed by atoms with Crippen LogP contribution in [0.2, 0.25) is 0 Å². The van der Waals surface area contributed by atoms with Gasteiger partial charge in [0, 0.05) is 28.4 Å². The third-order valence-corrected chi connectivity index (χ3v) is 4.43. The number of fused-ring (bicyclic) bond motifs is 1. The molecule has 1 heterocycles. The van der Waals surface area contributed by atoms with Gasteiger partial charge in [0.15, 0.2) is 5.78 Å². The van der Waals surface area contributed by atoms with Gasteiger partial charge in [0.25, 0.3) is 0 Å². The van der Waals surface area contributed by atoms with Gasteiger partial charge in [-0.25, -0.2) is 4.39 Å². The lowest BCUT2D eigenvalue weighted by Crippen LogP contribution is -2.34. The number of hydrogen-bond acceptors (Lipinski definition) is 2. The van der Waals surface area contributed by atoms with E-state index in [1.165, 1.54) is 19.1 Å². The maximum atomic E-state index is 13.6. The molecule has 25 heavy (non-hydrogen) atoms. The van der Waals surface area contributed by atoms with Crippen LogP contribution in [0.25, 0.3) is 10.9 Å². The van der Waals surface area contributed by atoms with E-state index >= 15 is 0 Å². The highest BCUT2D eigenvalue weighted by Crippen LogP contribution is 2.32. The van der Waals surface area contributed by atoms with E-state index in [9.17, 15) is 14.0 Å². The number of carbonyl (C=O) groups is 2. The number of rotatable bonds is 4. The van der Waals surface area contributed by atoms with Crippen molar-refractivity contribution in [2.75, 3.05) is 5.32 Å². The molecular weight excluding hydrogens is 319 g/mol. The van der Waals surface area contributed by atoms with Crippen molar-refractivity contribution in [3.05, 3.63) is 65.6 Å². The van der Waals surface area contributed by atoms with Crippen molar-refractivity contribution in [2.45, 2.75) is 26.2 Å². The van der Waals surface area contributed by atoms with E-state index < -0.39 is 5.41 Å². The molecular formula is C20H19FN2O2. The number of nitrogens with one attached hydrogen (secondary N) is 2. The average Bonchev–Trinajstić information content (AvgIpc) is 2.98. The summed E-state index contributed by atoms with van der Waals surface area (Å²) in [6.07, 6.45) is 1.74. The number of amides is 1. The summed E-state index contributed by atoms with van der Waals surface area (Å²) in [5, 5.41) is 3.55. The summed E-state index contributed by atoms with van der Waals surface area (Å²) in [4.78, 5) is 27.2. The van der Waals surface area contributed by atoms with Gasteiger partial charge in [-0.15, -0.1) is 0 Å². The Morgan fingerprint density at radius 1 is 1.08 bits per heavy atom. The van der Waals surface area contributed by atoms with Crippen LogP contribution in [-0.4, -0.2) is 16.7 Å². The summed E-state index contributed by atoms with van der Waals surface area (Å²) in [7, 11) is 0. The predicted octanol–water partition coefficient (Wildman–Crippen LogP) is 4.43. The first-order valence-corrected chi connectivity index (χ1v) is 7.98. The van der Waals surface area contributed by atoms with Gasteiger partial charge < -0.3 is 10.3 Å². The van der Waals surface area contributed by atoms with Crippen molar-refractivity contribution in [1.82, 2.24) is 4.98 Å². The second-order valence-electron chi connectivity index (χ2n) is 6.60. The normalized spacial score (nSPS) is 11.5. The van der Waals surface area contributed by atoms with Gasteiger partial charge in [0.05, 0.1) is 5.41 Å². The zero-order valence-corrected chi connectivity index (χ0v) is 14.3. The van der Waals surface area contributed by atoms with Gasteiger partial charge in [0.2, 0.25) is 5.91 Å². The van der Waals surface area contributed by atoms with E-state index in [2.05, 4.69) is 10.3 Å². The molecule has 1 amide bonds. The van der Waals surface area contributed by atoms with Crippen molar-refractivity contribution >= 4 is 28.3 Å². The molecule has 3 aromatic rings. The van der Waals surface area contributed by atoms with Gasteiger partial charge in [-0.3, -0.25) is 9.59 Å². The molecule has 0 fully saturated rings. The van der Waals surface area contributed by atoms with Gasteiger partial charge in [-0.05, 0) is 68.8 Å². The van der Waals surface area contributed by atoms with Gasteiger partial charge in [-0.2, -0.15) is 0 Å². The van der Waals surface area contributed by atoms with Crippen LogP contribution in [0.1, 0.15) is 36.7 Å². The summed E-state index contributed by atoms with van der Waals surface area (Å²) >= 11 is 0. The van der Waals surface area contributed by atoms with Crippen molar-refractivity contribution in [3.8, 4) is 0 Å². The Labute approximate surface area is 145 Å². The Kier molecular flexibility index (Phi) is 4.17. The minimum Gasteiger partial charge on any atom is -0.361 e. The Bertz CT molecular complexity index is 955. The number of carbonyl (C=O) groups excluding carboxylic acids is 2. The van der Waals surface area contributed by atoms with E-state index in [1.807, 2.05) is 0 Å². The van der Waals surface area contributed by atoms with Crippen LogP contribution in [0.5, 0.6) is 0 Å². The zero-order chi connectivity index (χ0) is 18.2. The fraction of sp³-hybridized carbons (Fsp3) is 0.200. The van der Waals surface area contributed by atoms with E-state index in [-0.39, 0.29) is 17.5 Å². The lowest BCUT2D eigenvalue weighted by Gasteiger charge is -2.23. The second-order valence-corrected chi connectivity index (χ2v) is 6.60. The monoisotopic (exact) mass is 338 g/mol. The maximum Gasteiger partial charge on any atom is 0.234 e. The van der Waals surface area contributed by atoms with E-state index in [0.29, 0.717) is 16.6 Å². The first-order chi connectivity index (χ1) is 11.8. The molecule has 0 saturated carbocycles. The number of benzene rings is 2. The Morgan fingerprint density at radius 3 is 2.40 bits per heavy atom. The first-order valence-electron chi connectivity index (χ1n) is 7.98. The van der Waals surface area contributed by atoms with Crippen molar-refractivity contribution in [1.29, 1.82) is 0 Å². The van der Waals surface area contributed by atoms with E-state index in [4.69, 9.17) is 0 Å². The number of H-pyrrole nitrogens is 1. The van der Waals surface area contributed by atoms with Crippen LogP contribution >= 0.6 is 0 Å². The van der Waals surface area contributed by atoms with Crippen LogP contribution in [-0.2, 0) is 10.2 Å². The number of Topliss-reactive ketones (excluding diaryl/α,β-unsaturated/α-hetero) is 1. The molecule has 0 aliphatic heterocycles. The number of aromatic nitrogens is 1. The van der Waals surface area contributed by atoms with Crippen molar-refractivity contribution in [2.24, 2.45) is 0 Å². The summed E-state index contributed by atoms with van der Waals surface area (Å²) in [6.45, 7) is 5.08. The average molecular weight is 338 g/mol. The SMILES string of the molecule is CC(=O)c1ccc(NC(=O)C(C)(C)c2c[nH]c3ccc(F)cc23)cc1. The van der Waals surface area contributed by atoms with Crippen LogP contribution in [0.3, 0.4) is 0 Å². The molecule has 0 aliphatic carbocycles. The van der Waals surface area contributed by atoms with Crippen LogP contribution in [0.4, 0.5) is 10.1 Å². The summed E-state index contributed by atoms with van der Waals surface area (Å²) in [5.74, 6) is -0.586. The quantitative estimate of drug-likeness (QED) is 0.692. The minimum absolute atomic E-state index is 0.0287. The molecule has 0 atom stereocenters. The lowest BCUT2D eigenvalue weighted by molar-refractivity contribution is -0.120. The fourth-order valence-corrected chi connectivity index (χ4v) is 2.81. The minimum atomic E-state index is -0.870. The topological polar surface area (TPSA) is 62.0 Å². The third kappa shape index (κ3) is 3.18. The zero-order valence-electron chi connectivity index (χ0n) is 14.3. The molecule has 4 nitrogen and oxygen atoms in total. The summed E-state index contributed by atoms with van der Waals surface area (Å²) < 4.78 is 13.6. The Balaban J connectivity index is 1.89. The van der Waals surface area contributed by atoms with E-state index in [0.717, 1.165) is 11.1 Å². The molecule has 0 unspecified atom stereocenters. The van der Waals surface area contributed by atoms with Gasteiger partial charge in [-0.1, -0.05) is 0 Å². The molecule has 128 valence electrons. The van der Waals surface area contributed by atoms with Gasteiger partial charge >= 0.3 is 0 Å². The molecule has 0 saturated heterocycles. The predicted molar refractivity (Wildman–Crippen MR) is 96.4 cm³/mol. The number of ketones is 1. The molecule has 2 N–H and O–H groups in total. The molecule has 0 spiro atoms. The van der Waals surface area contributed by atoms with E-state index in [1.54, 1.807) is 50.4 Å². The number of hydrogen-bond donors (Lipinski definition) is 2. The Hall–Kier alpha value is -2.95. The number of aromatic amines is 1. The highest BCUT2D eigenvalue weighted by Gasteiger charge is 2.32. The highest BCUT2D eigenvalue weighted by molar-refractivity contribution is 6.02. The number of anilines is 1. The van der Waals surface area contributed by atoms with Gasteiger partial charge in [0.1, 0.15) is 5.82 Å². The first kappa shape index (κ1) is 16.9. The molecule has 3 rings (SSSR count). The third-order valence-electron chi connectivity index (χ3n) is 4.43. The standard InChI is InChI=1S/C20H19FN2O2/c1-12(24)13-4-7-15(8-5-13)23-19(25)20(2,3)17-11-22-18-9-6-14(21)10-16(17)18/h4-11,22H,1-3H3,(H,23,25). The lowest BCUT2D eigenvalue weighted by atomic mass is 9.83. The van der Waals surface area contributed by atoms with Crippen LogP contribution < -0.4 is 5.32 Å². The second kappa shape index (κ2) is 6.16. The van der Waals surface area contributed by atoms with Crippen LogP contribution in [0, 0.1) is 5.82 Å². The maximum absolute atomic E-state index is 13.6. The molecule has 2 aromatic carbocycles. The fourth-order valence-electron chi connectivity index (χ4n) is 2.81. The molecule has 5 heteroatoms. The smallest absolute Gasteiger partial charge is 0.234 e. The van der Waals surface area contributed by atoms with Crippen LogP contribution in [0.15, 0.2) is 48.7 Å². The number of halogens is 1. The van der Waals surface area contributed by atoms with Crippen molar-refractivity contribution in [3.63, 3.8) is 0 Å². The largest absolute Gasteiger partial charge is 0.361 e. The van der Waals surface area contributed by atoms with Crippen molar-refractivity contribution < 1.29 is 14.0 Å². The molecule has 0 aliphatic rings. The molecule has 1 aromatic heterocycles.